The molecule has 2 heterocycles. The van der Waals surface area contributed by atoms with Crippen LogP contribution in [0.2, 0.25) is 0 Å². The number of rotatable bonds is 4. The van der Waals surface area contributed by atoms with Crippen LogP contribution < -0.4 is 0 Å². The van der Waals surface area contributed by atoms with Gasteiger partial charge in [0, 0.05) is 26.1 Å². The molecule has 0 amide bonds. The molecule has 0 saturated carbocycles. The first-order valence-corrected chi connectivity index (χ1v) is 6.16. The lowest BCUT2D eigenvalue weighted by Crippen LogP contribution is -2.39. The lowest BCUT2D eigenvalue weighted by atomic mass is 10.00. The highest BCUT2D eigenvalue weighted by molar-refractivity contribution is 5.82. The first kappa shape index (κ1) is 12.0. The number of carbonyl (C=O) groups excluding carboxylic acids is 1. The van der Waals surface area contributed by atoms with Crippen molar-refractivity contribution in [3.63, 3.8) is 0 Å². The lowest BCUT2D eigenvalue weighted by Gasteiger charge is -2.27. The van der Waals surface area contributed by atoms with Crippen molar-refractivity contribution in [3.05, 3.63) is 0 Å². The molecule has 0 spiro atoms. The van der Waals surface area contributed by atoms with Gasteiger partial charge in [-0.05, 0) is 19.9 Å². The second-order valence-electron chi connectivity index (χ2n) is 4.84. The van der Waals surface area contributed by atoms with E-state index in [2.05, 4.69) is 11.9 Å². The molecule has 92 valence electrons. The number of ketones is 1. The highest BCUT2D eigenvalue weighted by Gasteiger charge is 2.25. The van der Waals surface area contributed by atoms with Crippen LogP contribution in [0.5, 0.6) is 0 Å². The van der Waals surface area contributed by atoms with E-state index < -0.39 is 0 Å². The summed E-state index contributed by atoms with van der Waals surface area (Å²) in [6.45, 7) is 3.83. The normalized spacial score (nSPS) is 31.2. The van der Waals surface area contributed by atoms with Crippen LogP contribution in [0.15, 0.2) is 0 Å². The second-order valence-corrected chi connectivity index (χ2v) is 4.84. The highest BCUT2D eigenvalue weighted by Crippen LogP contribution is 2.15. The maximum absolute atomic E-state index is 11.6. The molecule has 0 aliphatic carbocycles. The van der Waals surface area contributed by atoms with E-state index >= 15 is 0 Å². The van der Waals surface area contributed by atoms with Crippen molar-refractivity contribution in [1.82, 2.24) is 4.90 Å². The van der Waals surface area contributed by atoms with Gasteiger partial charge in [0.15, 0.2) is 0 Å². The van der Waals surface area contributed by atoms with Crippen LogP contribution in [0.25, 0.3) is 0 Å². The second kappa shape index (κ2) is 5.75. The predicted molar refractivity (Wildman–Crippen MR) is 60.4 cm³/mol. The van der Waals surface area contributed by atoms with Crippen LogP contribution in [-0.2, 0) is 14.3 Å². The fourth-order valence-corrected chi connectivity index (χ4v) is 2.44. The number of likely N-dealkylation sites (N-methyl/N-ethyl adjacent to an activating group) is 1. The molecule has 2 aliphatic heterocycles. The number of hydrogen-bond acceptors (Lipinski definition) is 4. The maximum atomic E-state index is 11.6. The molecule has 2 rings (SSSR count). The molecule has 16 heavy (non-hydrogen) atoms. The monoisotopic (exact) mass is 227 g/mol. The molecule has 4 nitrogen and oxygen atoms in total. The minimum absolute atomic E-state index is 0.0696. The average Bonchev–Trinajstić information content (AvgIpc) is 2.74. The molecule has 0 aromatic carbocycles. The van der Waals surface area contributed by atoms with Gasteiger partial charge in [-0.25, -0.2) is 0 Å². The van der Waals surface area contributed by atoms with Crippen LogP contribution in [0.3, 0.4) is 0 Å². The van der Waals surface area contributed by atoms with Gasteiger partial charge in [0.1, 0.15) is 5.78 Å². The summed E-state index contributed by atoms with van der Waals surface area (Å²) in [5.74, 6) is 0.422. The Morgan fingerprint density at radius 2 is 2.25 bits per heavy atom. The summed E-state index contributed by atoms with van der Waals surface area (Å²) >= 11 is 0. The first-order chi connectivity index (χ1) is 7.75. The van der Waals surface area contributed by atoms with E-state index in [1.54, 1.807) is 0 Å². The standard InChI is InChI=1S/C12H21NO3/c1-13(8-11-3-2-5-16-11)7-10-9-15-6-4-12(10)14/h10-11H,2-9H2,1H3. The third kappa shape index (κ3) is 3.27. The highest BCUT2D eigenvalue weighted by atomic mass is 16.5. The van der Waals surface area contributed by atoms with Crippen LogP contribution in [0, 0.1) is 5.92 Å². The minimum Gasteiger partial charge on any atom is -0.380 e. The van der Waals surface area contributed by atoms with E-state index in [0.29, 0.717) is 31.5 Å². The summed E-state index contributed by atoms with van der Waals surface area (Å²) in [5, 5.41) is 0. The molecule has 2 unspecified atom stereocenters. The van der Waals surface area contributed by atoms with Crippen LogP contribution in [-0.4, -0.2) is 56.7 Å². The molecular formula is C12H21NO3. The van der Waals surface area contributed by atoms with Gasteiger partial charge in [-0.1, -0.05) is 0 Å². The maximum Gasteiger partial charge on any atom is 0.141 e. The molecule has 2 aliphatic rings. The Hall–Kier alpha value is -0.450. The van der Waals surface area contributed by atoms with E-state index in [1.807, 2.05) is 0 Å². The van der Waals surface area contributed by atoms with Gasteiger partial charge < -0.3 is 14.4 Å². The number of Topliss-reactive ketones (excluding diaryl/α,β-unsaturated/α-hetero) is 1. The van der Waals surface area contributed by atoms with Gasteiger partial charge in [0.25, 0.3) is 0 Å². The molecule has 0 bridgehead atoms. The number of hydrogen-bond donors (Lipinski definition) is 0. The topological polar surface area (TPSA) is 38.8 Å². The van der Waals surface area contributed by atoms with Gasteiger partial charge in [0.2, 0.25) is 0 Å². The molecule has 0 aromatic heterocycles. The van der Waals surface area contributed by atoms with Crippen molar-refractivity contribution in [2.45, 2.75) is 25.4 Å². The molecule has 0 radical (unpaired) electrons. The Morgan fingerprint density at radius 3 is 2.94 bits per heavy atom. The van der Waals surface area contributed by atoms with E-state index in [-0.39, 0.29) is 5.92 Å². The van der Waals surface area contributed by atoms with Gasteiger partial charge in [0.05, 0.1) is 25.2 Å². The largest absolute Gasteiger partial charge is 0.380 e. The summed E-state index contributed by atoms with van der Waals surface area (Å²) in [6.07, 6.45) is 3.27. The quantitative estimate of drug-likeness (QED) is 0.709. The van der Waals surface area contributed by atoms with Crippen molar-refractivity contribution in [2.75, 3.05) is 40.0 Å². The predicted octanol–water partition coefficient (Wildman–Crippen LogP) is 0.703. The Labute approximate surface area is 96.9 Å². The number of nitrogens with zero attached hydrogens (tertiary/aromatic N) is 1. The summed E-state index contributed by atoms with van der Waals surface area (Å²) in [5.41, 5.74) is 0. The van der Waals surface area contributed by atoms with E-state index in [0.717, 1.165) is 26.1 Å². The summed E-state index contributed by atoms with van der Waals surface area (Å²) in [4.78, 5) is 13.8. The SMILES string of the molecule is CN(CC1CCCO1)CC1COCCC1=O. The van der Waals surface area contributed by atoms with Crippen molar-refractivity contribution in [3.8, 4) is 0 Å². The van der Waals surface area contributed by atoms with Crippen molar-refractivity contribution in [1.29, 1.82) is 0 Å². The molecule has 4 heteroatoms. The smallest absolute Gasteiger partial charge is 0.141 e. The number of carbonyl (C=O) groups is 1. The lowest BCUT2D eigenvalue weighted by molar-refractivity contribution is -0.131. The Kier molecular flexibility index (Phi) is 4.32. The molecule has 2 fully saturated rings. The van der Waals surface area contributed by atoms with Crippen molar-refractivity contribution >= 4 is 5.78 Å². The Bertz CT molecular complexity index is 238. The Balaban J connectivity index is 1.72. The Morgan fingerprint density at radius 1 is 1.38 bits per heavy atom. The third-order valence-corrected chi connectivity index (χ3v) is 3.34. The summed E-state index contributed by atoms with van der Waals surface area (Å²) < 4.78 is 10.9. The van der Waals surface area contributed by atoms with Crippen LogP contribution >= 0.6 is 0 Å². The fourth-order valence-electron chi connectivity index (χ4n) is 2.44. The minimum atomic E-state index is 0.0696. The van der Waals surface area contributed by atoms with Gasteiger partial charge in [-0.2, -0.15) is 0 Å². The average molecular weight is 227 g/mol. The zero-order chi connectivity index (χ0) is 11.4. The van der Waals surface area contributed by atoms with Gasteiger partial charge in [-0.15, -0.1) is 0 Å². The summed E-state index contributed by atoms with van der Waals surface area (Å²) in [6, 6.07) is 0. The summed E-state index contributed by atoms with van der Waals surface area (Å²) in [7, 11) is 2.06. The molecule has 2 saturated heterocycles. The zero-order valence-corrected chi connectivity index (χ0v) is 9.98. The van der Waals surface area contributed by atoms with Crippen molar-refractivity contribution in [2.24, 2.45) is 5.92 Å². The first-order valence-electron chi connectivity index (χ1n) is 6.16. The molecular weight excluding hydrogens is 206 g/mol. The number of ether oxygens (including phenoxy) is 2. The van der Waals surface area contributed by atoms with E-state index in [9.17, 15) is 4.79 Å². The van der Waals surface area contributed by atoms with Crippen LogP contribution in [0.1, 0.15) is 19.3 Å². The fraction of sp³-hybridized carbons (Fsp3) is 0.917. The third-order valence-electron chi connectivity index (χ3n) is 3.34. The van der Waals surface area contributed by atoms with E-state index in [1.165, 1.54) is 6.42 Å². The van der Waals surface area contributed by atoms with Gasteiger partial charge >= 0.3 is 0 Å². The van der Waals surface area contributed by atoms with Crippen LogP contribution in [0.4, 0.5) is 0 Å². The molecule has 2 atom stereocenters. The van der Waals surface area contributed by atoms with Gasteiger partial charge in [-0.3, -0.25) is 4.79 Å². The zero-order valence-electron chi connectivity index (χ0n) is 9.98. The molecule has 0 N–H and O–H groups in total. The van der Waals surface area contributed by atoms with E-state index in [4.69, 9.17) is 9.47 Å². The molecule has 0 aromatic rings. The van der Waals surface area contributed by atoms with Crippen molar-refractivity contribution < 1.29 is 14.3 Å².